The van der Waals surface area contributed by atoms with Gasteiger partial charge in [-0.1, -0.05) is 26.7 Å². The van der Waals surface area contributed by atoms with Gasteiger partial charge in [0.05, 0.1) is 18.3 Å². The van der Waals surface area contributed by atoms with E-state index >= 15 is 0 Å². The van der Waals surface area contributed by atoms with Crippen molar-refractivity contribution in [1.29, 1.82) is 0 Å². The van der Waals surface area contributed by atoms with Crippen LogP contribution in [-0.2, 0) is 7.05 Å². The van der Waals surface area contributed by atoms with Crippen LogP contribution in [0.2, 0.25) is 0 Å². The van der Waals surface area contributed by atoms with Crippen LogP contribution in [0.3, 0.4) is 0 Å². The number of pyridine rings is 1. The number of hydrogen-bond donors (Lipinski definition) is 1. The van der Waals surface area contributed by atoms with Crippen LogP contribution in [0, 0.1) is 5.92 Å². The lowest BCUT2D eigenvalue weighted by Crippen LogP contribution is -2.10. The van der Waals surface area contributed by atoms with Crippen molar-refractivity contribution in [3.8, 4) is 17.4 Å². The Labute approximate surface area is 181 Å². The molecule has 0 spiro atoms. The molecule has 1 aromatic carbocycles. The molecule has 4 rings (SSSR count). The molecule has 0 atom stereocenters. The Morgan fingerprint density at radius 2 is 1.84 bits per heavy atom. The van der Waals surface area contributed by atoms with Crippen molar-refractivity contribution >= 4 is 22.5 Å². The second-order valence-corrected chi connectivity index (χ2v) is 7.33. The van der Waals surface area contributed by atoms with Crippen molar-refractivity contribution in [2.75, 3.05) is 11.9 Å². The summed E-state index contributed by atoms with van der Waals surface area (Å²) in [5.41, 5.74) is 0.805. The molecular formula is C23H26N6O2. The third-order valence-corrected chi connectivity index (χ3v) is 5.14. The minimum absolute atomic E-state index is 0.491. The Morgan fingerprint density at radius 3 is 2.55 bits per heavy atom. The van der Waals surface area contributed by atoms with Crippen molar-refractivity contribution in [2.45, 2.75) is 26.7 Å². The Bertz CT molecular complexity index is 1140. The standard InChI is InChI=1S/C23H26N6O2/c1-4-16(5-2)14-30-18-7-9-22(24-13-18)31-17-6-8-20-19(12-17)23(26-15-25-20)27-21-10-11-29(3)28-21/h6-13,15-16H,4-5,14H2,1-3H3,(H,25,26,27,28). The van der Waals surface area contributed by atoms with E-state index in [9.17, 15) is 0 Å². The van der Waals surface area contributed by atoms with Gasteiger partial charge >= 0.3 is 0 Å². The summed E-state index contributed by atoms with van der Waals surface area (Å²) in [5.74, 6) is 3.80. The molecule has 31 heavy (non-hydrogen) atoms. The second-order valence-electron chi connectivity index (χ2n) is 7.33. The number of benzene rings is 1. The van der Waals surface area contributed by atoms with E-state index in [-0.39, 0.29) is 0 Å². The van der Waals surface area contributed by atoms with E-state index in [1.54, 1.807) is 16.9 Å². The number of nitrogens with one attached hydrogen (secondary N) is 1. The van der Waals surface area contributed by atoms with E-state index < -0.39 is 0 Å². The van der Waals surface area contributed by atoms with Crippen LogP contribution in [0.15, 0.2) is 55.1 Å². The minimum Gasteiger partial charge on any atom is -0.492 e. The maximum atomic E-state index is 5.95. The Balaban J connectivity index is 1.49. The molecule has 1 N–H and O–H groups in total. The van der Waals surface area contributed by atoms with Gasteiger partial charge in [-0.25, -0.2) is 15.0 Å². The fraction of sp³-hybridized carbons (Fsp3) is 0.304. The third kappa shape index (κ3) is 5.09. The SMILES string of the molecule is CCC(CC)COc1ccc(Oc2ccc3ncnc(Nc4ccn(C)n4)c3c2)nc1. The van der Waals surface area contributed by atoms with Crippen LogP contribution in [0.1, 0.15) is 26.7 Å². The van der Waals surface area contributed by atoms with Crippen LogP contribution in [0.5, 0.6) is 17.4 Å². The van der Waals surface area contributed by atoms with Gasteiger partial charge < -0.3 is 14.8 Å². The zero-order valence-electron chi connectivity index (χ0n) is 17.9. The lowest BCUT2D eigenvalue weighted by Gasteiger charge is -2.13. The van der Waals surface area contributed by atoms with Crippen molar-refractivity contribution < 1.29 is 9.47 Å². The average Bonchev–Trinajstić information content (AvgIpc) is 3.20. The van der Waals surface area contributed by atoms with Crippen molar-refractivity contribution in [3.63, 3.8) is 0 Å². The van der Waals surface area contributed by atoms with Crippen LogP contribution < -0.4 is 14.8 Å². The molecule has 0 aliphatic rings. The number of anilines is 2. The summed E-state index contributed by atoms with van der Waals surface area (Å²) in [4.78, 5) is 13.1. The molecule has 3 heterocycles. The first-order valence-corrected chi connectivity index (χ1v) is 10.4. The van der Waals surface area contributed by atoms with Gasteiger partial charge in [0, 0.05) is 30.8 Å². The molecule has 0 aliphatic heterocycles. The fourth-order valence-electron chi connectivity index (χ4n) is 3.17. The molecule has 8 heteroatoms. The predicted molar refractivity (Wildman–Crippen MR) is 120 cm³/mol. The average molecular weight is 419 g/mol. The number of fused-ring (bicyclic) bond motifs is 1. The maximum absolute atomic E-state index is 5.95. The van der Waals surface area contributed by atoms with E-state index in [0.717, 1.165) is 29.5 Å². The molecule has 0 radical (unpaired) electrons. The summed E-state index contributed by atoms with van der Waals surface area (Å²) in [6.07, 6.45) is 7.29. The molecule has 0 bridgehead atoms. The van der Waals surface area contributed by atoms with Crippen LogP contribution in [0.25, 0.3) is 10.9 Å². The Hall–Kier alpha value is -3.68. The molecule has 0 saturated heterocycles. The summed E-state index contributed by atoms with van der Waals surface area (Å²) >= 11 is 0. The topological polar surface area (TPSA) is 87.0 Å². The van der Waals surface area contributed by atoms with E-state index in [4.69, 9.17) is 9.47 Å². The molecule has 160 valence electrons. The third-order valence-electron chi connectivity index (χ3n) is 5.14. The van der Waals surface area contributed by atoms with Gasteiger partial charge in [0.2, 0.25) is 5.88 Å². The highest BCUT2D eigenvalue weighted by atomic mass is 16.5. The first-order chi connectivity index (χ1) is 15.1. The van der Waals surface area contributed by atoms with Gasteiger partial charge in [-0.15, -0.1) is 0 Å². The van der Waals surface area contributed by atoms with Gasteiger partial charge in [-0.3, -0.25) is 4.68 Å². The summed E-state index contributed by atoms with van der Waals surface area (Å²) in [5, 5.41) is 8.40. The number of aromatic nitrogens is 5. The quantitative estimate of drug-likeness (QED) is 0.404. The van der Waals surface area contributed by atoms with E-state index in [0.29, 0.717) is 35.8 Å². The zero-order chi connectivity index (χ0) is 21.6. The van der Waals surface area contributed by atoms with E-state index in [2.05, 4.69) is 39.2 Å². The van der Waals surface area contributed by atoms with Gasteiger partial charge in [0.25, 0.3) is 0 Å². The van der Waals surface area contributed by atoms with E-state index in [1.807, 2.05) is 43.6 Å². The van der Waals surface area contributed by atoms with Crippen LogP contribution >= 0.6 is 0 Å². The highest BCUT2D eigenvalue weighted by Crippen LogP contribution is 2.29. The molecule has 0 saturated carbocycles. The lowest BCUT2D eigenvalue weighted by molar-refractivity contribution is 0.239. The highest BCUT2D eigenvalue weighted by Gasteiger charge is 2.09. The van der Waals surface area contributed by atoms with Crippen molar-refractivity contribution in [3.05, 3.63) is 55.1 Å². The summed E-state index contributed by atoms with van der Waals surface area (Å²) in [6, 6.07) is 11.2. The molecule has 4 aromatic rings. The van der Waals surface area contributed by atoms with Crippen molar-refractivity contribution in [2.24, 2.45) is 13.0 Å². The lowest BCUT2D eigenvalue weighted by atomic mass is 10.1. The van der Waals surface area contributed by atoms with Crippen LogP contribution in [-0.4, -0.2) is 31.3 Å². The Morgan fingerprint density at radius 1 is 1.00 bits per heavy atom. The first kappa shape index (κ1) is 20.6. The Kier molecular flexibility index (Phi) is 6.26. The fourth-order valence-corrected chi connectivity index (χ4v) is 3.17. The normalized spacial score (nSPS) is 11.1. The maximum Gasteiger partial charge on any atom is 0.219 e. The first-order valence-electron chi connectivity index (χ1n) is 10.4. The molecular weight excluding hydrogens is 392 g/mol. The molecule has 0 aliphatic carbocycles. The summed E-state index contributed by atoms with van der Waals surface area (Å²) < 4.78 is 13.5. The number of nitrogens with zero attached hydrogens (tertiary/aromatic N) is 5. The van der Waals surface area contributed by atoms with E-state index in [1.165, 1.54) is 6.33 Å². The van der Waals surface area contributed by atoms with Crippen molar-refractivity contribution in [1.82, 2.24) is 24.7 Å². The van der Waals surface area contributed by atoms with Crippen LogP contribution in [0.4, 0.5) is 11.6 Å². The molecule has 3 aromatic heterocycles. The number of rotatable bonds is 9. The zero-order valence-corrected chi connectivity index (χ0v) is 17.9. The van der Waals surface area contributed by atoms with Gasteiger partial charge in [-0.2, -0.15) is 5.10 Å². The second kappa shape index (κ2) is 9.42. The number of aryl methyl sites for hydroxylation is 1. The number of hydrogen-bond acceptors (Lipinski definition) is 7. The smallest absolute Gasteiger partial charge is 0.219 e. The predicted octanol–water partition coefficient (Wildman–Crippen LogP) is 5.11. The van der Waals surface area contributed by atoms with Gasteiger partial charge in [-0.05, 0) is 30.2 Å². The van der Waals surface area contributed by atoms with Gasteiger partial charge in [0.15, 0.2) is 5.82 Å². The molecule has 0 unspecified atom stereocenters. The minimum atomic E-state index is 0.491. The largest absolute Gasteiger partial charge is 0.492 e. The molecule has 8 nitrogen and oxygen atoms in total. The van der Waals surface area contributed by atoms with Gasteiger partial charge in [0.1, 0.15) is 23.6 Å². The number of ether oxygens (including phenoxy) is 2. The molecule has 0 amide bonds. The molecule has 0 fully saturated rings. The summed E-state index contributed by atoms with van der Waals surface area (Å²) in [7, 11) is 1.87. The highest BCUT2D eigenvalue weighted by molar-refractivity contribution is 5.91. The monoisotopic (exact) mass is 418 g/mol. The summed E-state index contributed by atoms with van der Waals surface area (Å²) in [6.45, 7) is 5.06.